The quantitative estimate of drug-likeness (QED) is 0.201. The highest BCUT2D eigenvalue weighted by atomic mass is 16.7. The highest BCUT2D eigenvalue weighted by Gasteiger charge is 2.69. The van der Waals surface area contributed by atoms with Crippen LogP contribution in [0.2, 0.25) is 0 Å². The molecule has 3 unspecified atom stereocenters. The van der Waals surface area contributed by atoms with E-state index in [4.69, 9.17) is 37.9 Å². The second kappa shape index (κ2) is 18.0. The van der Waals surface area contributed by atoms with Gasteiger partial charge in [-0.3, -0.25) is 14.5 Å². The number of cyclic esters (lactones) is 1. The third kappa shape index (κ3) is 8.44. The molecule has 2 saturated carbocycles. The standard InChI is InChI=1S/C44H72N2O10/c1-11-27-13-12-14-34(56-36-16-15-26(22-52-36)45(6)7)24(4)40(48)33-19-30-29-17-28(55-44-43(51-10)42(50-9)41(49-8)25(5)53-44)18-32(29)38-39(46(38)21-23(2)3)37(30)31(33)20-35(47)54-27/h19,23-32,34,36-39,41-44H,11-18,20-22H2,1-10H3/t24-,25?,26+,27+,28+,29+,30+,31-,32-,34+,36+,37-,38+,39-,41+,42?,43+,44+,46?/m1/s1. The summed E-state index contributed by atoms with van der Waals surface area (Å²) in [6.07, 6.45) is 6.58. The van der Waals surface area contributed by atoms with E-state index in [2.05, 4.69) is 50.7 Å². The molecule has 6 fully saturated rings. The number of allylic oxidation sites excluding steroid dienone is 2. The van der Waals surface area contributed by atoms with Crippen LogP contribution in [0.1, 0.15) is 92.4 Å². The zero-order chi connectivity index (χ0) is 40.0. The fourth-order valence-corrected chi connectivity index (χ4v) is 11.9. The van der Waals surface area contributed by atoms with E-state index >= 15 is 0 Å². The maximum Gasteiger partial charge on any atom is 0.306 e. The van der Waals surface area contributed by atoms with Gasteiger partial charge in [0.2, 0.25) is 0 Å². The predicted octanol–water partition coefficient (Wildman–Crippen LogP) is 5.25. The minimum absolute atomic E-state index is 0.0346. The molecule has 56 heavy (non-hydrogen) atoms. The molecule has 0 aromatic rings. The van der Waals surface area contributed by atoms with Crippen LogP contribution in [0, 0.1) is 41.4 Å². The molecule has 0 radical (unpaired) electrons. The highest BCUT2D eigenvalue weighted by Crippen LogP contribution is 2.64. The van der Waals surface area contributed by atoms with Crippen LogP contribution in [-0.2, 0) is 47.5 Å². The number of likely N-dealkylation sites (tertiary alicyclic amines) is 1. The average molecular weight is 789 g/mol. The Labute approximate surface area is 335 Å². The first-order valence-corrected chi connectivity index (χ1v) is 21.9. The first-order valence-electron chi connectivity index (χ1n) is 21.9. The van der Waals surface area contributed by atoms with Gasteiger partial charge in [-0.1, -0.05) is 33.8 Å². The Morgan fingerprint density at radius 1 is 0.911 bits per heavy atom. The lowest BCUT2D eigenvalue weighted by Gasteiger charge is -2.44. The van der Waals surface area contributed by atoms with Crippen molar-refractivity contribution in [2.45, 2.75) is 166 Å². The Hall–Kier alpha value is -1.48. The number of rotatable bonds is 11. The van der Waals surface area contributed by atoms with Gasteiger partial charge in [-0.15, -0.1) is 0 Å². The van der Waals surface area contributed by atoms with E-state index in [1.54, 1.807) is 21.3 Å². The van der Waals surface area contributed by atoms with E-state index < -0.39 is 12.4 Å². The van der Waals surface area contributed by atoms with Crippen LogP contribution in [-0.4, -0.2) is 144 Å². The molecule has 12 nitrogen and oxygen atoms in total. The number of carbonyl (C=O) groups excluding carboxylic acids is 2. The van der Waals surface area contributed by atoms with Crippen LogP contribution in [0.5, 0.6) is 0 Å². The van der Waals surface area contributed by atoms with Crippen LogP contribution >= 0.6 is 0 Å². The normalized spacial score (nSPS) is 46.9. The van der Waals surface area contributed by atoms with Gasteiger partial charge in [-0.25, -0.2) is 0 Å². The van der Waals surface area contributed by atoms with Crippen molar-refractivity contribution in [1.29, 1.82) is 0 Å². The lowest BCUT2D eigenvalue weighted by molar-refractivity contribution is -0.314. The monoisotopic (exact) mass is 789 g/mol. The highest BCUT2D eigenvalue weighted by molar-refractivity contribution is 5.99. The van der Waals surface area contributed by atoms with Crippen molar-refractivity contribution in [3.8, 4) is 0 Å². The molecule has 318 valence electrons. The summed E-state index contributed by atoms with van der Waals surface area (Å²) in [5.74, 6) is 0.984. The number of ketones is 1. The summed E-state index contributed by atoms with van der Waals surface area (Å²) < 4.78 is 50.1. The van der Waals surface area contributed by atoms with E-state index in [0.717, 1.165) is 63.5 Å². The van der Waals surface area contributed by atoms with Gasteiger partial charge in [0.1, 0.15) is 24.4 Å². The second-order valence-electron chi connectivity index (χ2n) is 18.8. The maximum absolute atomic E-state index is 15.0. The lowest BCUT2D eigenvalue weighted by Crippen LogP contribution is -2.59. The van der Waals surface area contributed by atoms with Crippen LogP contribution in [0.4, 0.5) is 0 Å². The first-order chi connectivity index (χ1) is 26.9. The summed E-state index contributed by atoms with van der Waals surface area (Å²) >= 11 is 0. The molecule has 19 atom stereocenters. The molecule has 7 rings (SSSR count). The summed E-state index contributed by atoms with van der Waals surface area (Å²) in [4.78, 5) is 33.7. The van der Waals surface area contributed by atoms with Crippen molar-refractivity contribution in [2.24, 2.45) is 41.4 Å². The molecule has 0 aromatic carbocycles. The van der Waals surface area contributed by atoms with E-state index in [-0.39, 0.29) is 84.8 Å². The van der Waals surface area contributed by atoms with Crippen molar-refractivity contribution in [3.05, 3.63) is 11.6 Å². The maximum atomic E-state index is 15.0. The smallest absolute Gasteiger partial charge is 0.306 e. The number of ether oxygens (including phenoxy) is 8. The third-order valence-electron chi connectivity index (χ3n) is 14.8. The molecule has 4 saturated heterocycles. The van der Waals surface area contributed by atoms with Crippen LogP contribution in [0.3, 0.4) is 0 Å². The topological polar surface area (TPSA) is 114 Å². The van der Waals surface area contributed by atoms with Gasteiger partial charge < -0.3 is 42.8 Å². The number of carbonyl (C=O) groups is 2. The Morgan fingerprint density at radius 2 is 1.64 bits per heavy atom. The number of nitrogens with zero attached hydrogens (tertiary/aromatic N) is 2. The van der Waals surface area contributed by atoms with Crippen LogP contribution < -0.4 is 0 Å². The second-order valence-corrected chi connectivity index (χ2v) is 18.8. The molecule has 0 bridgehead atoms. The number of methoxy groups -OCH3 is 3. The van der Waals surface area contributed by atoms with E-state index in [1.807, 2.05) is 13.8 Å². The zero-order valence-corrected chi connectivity index (χ0v) is 35.8. The average Bonchev–Trinajstić information content (AvgIpc) is 3.49. The molecule has 0 spiro atoms. The lowest BCUT2D eigenvalue weighted by atomic mass is 9.66. The fourth-order valence-electron chi connectivity index (χ4n) is 11.9. The van der Waals surface area contributed by atoms with Gasteiger partial charge in [-0.05, 0) is 108 Å². The van der Waals surface area contributed by atoms with Gasteiger partial charge in [0.25, 0.3) is 0 Å². The van der Waals surface area contributed by atoms with Gasteiger partial charge >= 0.3 is 5.97 Å². The molecule has 0 amide bonds. The summed E-state index contributed by atoms with van der Waals surface area (Å²) in [7, 11) is 9.21. The minimum atomic E-state index is -0.589. The molecule has 0 N–H and O–H groups in total. The van der Waals surface area contributed by atoms with Gasteiger partial charge in [-0.2, -0.15) is 0 Å². The summed E-state index contributed by atoms with van der Waals surface area (Å²) in [6.45, 7) is 12.3. The third-order valence-corrected chi connectivity index (χ3v) is 14.8. The van der Waals surface area contributed by atoms with Crippen LogP contribution in [0.25, 0.3) is 0 Å². The summed E-state index contributed by atoms with van der Waals surface area (Å²) in [6, 6.07) is 1.09. The fraction of sp³-hybridized carbons (Fsp3) is 0.909. The van der Waals surface area contributed by atoms with Gasteiger partial charge in [0.05, 0.1) is 31.3 Å². The van der Waals surface area contributed by atoms with Gasteiger partial charge in [0.15, 0.2) is 18.4 Å². The van der Waals surface area contributed by atoms with Gasteiger partial charge in [0, 0.05) is 57.8 Å². The van der Waals surface area contributed by atoms with Crippen LogP contribution in [0.15, 0.2) is 11.6 Å². The van der Waals surface area contributed by atoms with Crippen molar-refractivity contribution in [3.63, 3.8) is 0 Å². The van der Waals surface area contributed by atoms with Crippen molar-refractivity contribution in [1.82, 2.24) is 9.80 Å². The van der Waals surface area contributed by atoms with E-state index in [0.29, 0.717) is 42.5 Å². The first kappa shape index (κ1) is 42.6. The minimum Gasteiger partial charge on any atom is -0.462 e. The molecule has 4 aliphatic heterocycles. The molecule has 3 aliphatic carbocycles. The number of esters is 1. The molecular formula is C44H72N2O10. The Bertz CT molecular complexity index is 1380. The number of fused-ring (bicyclic) bond motifs is 8. The van der Waals surface area contributed by atoms with E-state index in [1.165, 1.54) is 0 Å². The molecule has 7 aliphatic rings. The number of likely N-dealkylation sites (N-methyl/N-ethyl adjacent to an activating group) is 1. The predicted molar refractivity (Wildman–Crippen MR) is 210 cm³/mol. The van der Waals surface area contributed by atoms with E-state index in [9.17, 15) is 9.59 Å². The Kier molecular flexibility index (Phi) is 13.7. The zero-order valence-electron chi connectivity index (χ0n) is 35.8. The number of hydrogen-bond donors (Lipinski definition) is 0. The molecule has 4 heterocycles. The molecule has 0 aromatic heterocycles. The summed E-state index contributed by atoms with van der Waals surface area (Å²) in [5.41, 5.74) is 0.821. The van der Waals surface area contributed by atoms with Crippen molar-refractivity contribution in [2.75, 3.05) is 48.6 Å². The number of Topliss-reactive ketones (excluding diaryl/α,β-unsaturated/α-hetero) is 1. The van der Waals surface area contributed by atoms with Crippen molar-refractivity contribution >= 4 is 11.8 Å². The number of hydrogen-bond acceptors (Lipinski definition) is 12. The van der Waals surface area contributed by atoms with Crippen molar-refractivity contribution < 1.29 is 47.5 Å². The Balaban J connectivity index is 1.16. The summed E-state index contributed by atoms with van der Waals surface area (Å²) in [5, 5.41) is 0. The Morgan fingerprint density at radius 3 is 2.29 bits per heavy atom. The molecular weight excluding hydrogens is 716 g/mol. The molecule has 12 heteroatoms. The largest absolute Gasteiger partial charge is 0.462 e. The SMILES string of the molecule is CC[C@H]1CCC[C@H](O[C@H]2CC[C@H](N(C)C)CO2)[C@@H](C)C(=O)C2=C[C@H]3[C@@H]4C[C@H](O[C@@H]5OC(C)[C@H](OC)C(OC)[C@@H]5OC)C[C@H]4[C@H]4[C@@H]([C@H]3[C@@H]2CC(=O)O1)N4CC(C)C.